The van der Waals surface area contributed by atoms with E-state index in [4.69, 9.17) is 16.9 Å². The molecule has 0 saturated carbocycles. The number of piperidine rings is 1. The van der Waals surface area contributed by atoms with Crippen LogP contribution < -0.4 is 4.90 Å². The molecule has 1 aliphatic heterocycles. The van der Waals surface area contributed by atoms with Crippen LogP contribution in [0.3, 0.4) is 0 Å². The van der Waals surface area contributed by atoms with E-state index in [-0.39, 0.29) is 5.41 Å². The molecule has 0 N–H and O–H groups in total. The zero-order valence-electron chi connectivity index (χ0n) is 11.0. The van der Waals surface area contributed by atoms with Gasteiger partial charge in [-0.2, -0.15) is 5.26 Å². The molecule has 1 saturated heterocycles. The van der Waals surface area contributed by atoms with Gasteiger partial charge in [0, 0.05) is 19.5 Å². The van der Waals surface area contributed by atoms with Crippen molar-refractivity contribution in [1.82, 2.24) is 0 Å². The second-order valence-corrected chi connectivity index (χ2v) is 6.12. The third-order valence-corrected chi connectivity index (χ3v) is 4.30. The lowest BCUT2D eigenvalue weighted by molar-refractivity contribution is 0.179. The molecule has 1 aromatic rings. The third-order valence-electron chi connectivity index (χ3n) is 3.98. The quantitative estimate of drug-likeness (QED) is 0.802. The molecule has 1 aliphatic rings. The largest absolute Gasteiger partial charge is 0.370 e. The molecule has 3 heteroatoms. The zero-order chi connectivity index (χ0) is 13.2. The molecular weight excluding hydrogens is 244 g/mol. The van der Waals surface area contributed by atoms with Crippen molar-refractivity contribution >= 4 is 17.3 Å². The topological polar surface area (TPSA) is 27.0 Å². The first kappa shape index (κ1) is 13.2. The molecule has 2 nitrogen and oxygen atoms in total. The highest BCUT2D eigenvalue weighted by Gasteiger charge is 2.35. The summed E-state index contributed by atoms with van der Waals surface area (Å²) in [4.78, 5) is 2.34. The molecule has 18 heavy (non-hydrogen) atoms. The van der Waals surface area contributed by atoms with Gasteiger partial charge in [0.1, 0.15) is 0 Å². The van der Waals surface area contributed by atoms with Crippen LogP contribution in [0.15, 0.2) is 24.3 Å². The van der Waals surface area contributed by atoms with Crippen LogP contribution in [-0.4, -0.2) is 13.1 Å². The zero-order valence-corrected chi connectivity index (χ0v) is 11.7. The average molecular weight is 263 g/mol. The van der Waals surface area contributed by atoms with Crippen LogP contribution >= 0.6 is 11.6 Å². The molecule has 0 radical (unpaired) electrons. The van der Waals surface area contributed by atoms with Crippen molar-refractivity contribution in [2.75, 3.05) is 18.0 Å². The highest BCUT2D eigenvalue weighted by atomic mass is 35.5. The summed E-state index contributed by atoms with van der Waals surface area (Å²) in [5.41, 5.74) is 1.27. The van der Waals surface area contributed by atoms with E-state index < -0.39 is 0 Å². The van der Waals surface area contributed by atoms with Crippen LogP contribution in [0.5, 0.6) is 0 Å². The van der Waals surface area contributed by atoms with E-state index in [1.165, 1.54) is 0 Å². The van der Waals surface area contributed by atoms with Gasteiger partial charge in [0.25, 0.3) is 0 Å². The summed E-state index contributed by atoms with van der Waals surface area (Å²) in [7, 11) is 0. The Labute approximate surface area is 114 Å². The van der Waals surface area contributed by atoms with Crippen molar-refractivity contribution in [2.24, 2.45) is 11.3 Å². The first-order chi connectivity index (χ1) is 8.54. The molecule has 0 aromatic heterocycles. The highest BCUT2D eigenvalue weighted by molar-refractivity contribution is 6.33. The molecule has 1 atom stereocenters. The number of benzene rings is 1. The normalized spacial score (nSPS) is 22.6. The maximum absolute atomic E-state index is 8.89. The van der Waals surface area contributed by atoms with Crippen LogP contribution in [0.25, 0.3) is 0 Å². The molecule has 0 spiro atoms. The van der Waals surface area contributed by atoms with E-state index >= 15 is 0 Å². The first-order valence-electron chi connectivity index (χ1n) is 6.41. The fourth-order valence-electron chi connectivity index (χ4n) is 2.80. The van der Waals surface area contributed by atoms with Gasteiger partial charge in [-0.15, -0.1) is 0 Å². The molecule has 1 aromatic carbocycles. The van der Waals surface area contributed by atoms with E-state index in [0.717, 1.165) is 30.2 Å². The molecule has 2 rings (SSSR count). The Morgan fingerprint density at radius 2 is 2.17 bits per heavy atom. The Balaban J connectivity index is 2.17. The molecule has 1 fully saturated rings. The van der Waals surface area contributed by atoms with E-state index in [0.29, 0.717) is 12.3 Å². The predicted octanol–water partition coefficient (Wildman–Crippen LogP) is 4.11. The van der Waals surface area contributed by atoms with E-state index in [2.05, 4.69) is 30.9 Å². The minimum absolute atomic E-state index is 0.160. The number of rotatable bonds is 2. The molecule has 0 aliphatic carbocycles. The lowest BCUT2D eigenvalue weighted by Gasteiger charge is -2.44. The SMILES string of the molecule is CC1(C)CN(c2ccccc2Cl)CCC1CC#N. The van der Waals surface area contributed by atoms with E-state index in [1.54, 1.807) is 0 Å². The van der Waals surface area contributed by atoms with Crippen LogP contribution in [0.2, 0.25) is 5.02 Å². The van der Waals surface area contributed by atoms with Crippen molar-refractivity contribution in [3.63, 3.8) is 0 Å². The maximum Gasteiger partial charge on any atom is 0.0639 e. The minimum Gasteiger partial charge on any atom is -0.370 e. The molecule has 1 unspecified atom stereocenters. The highest BCUT2D eigenvalue weighted by Crippen LogP contribution is 2.39. The number of halogens is 1. The smallest absolute Gasteiger partial charge is 0.0639 e. The second-order valence-electron chi connectivity index (χ2n) is 5.71. The van der Waals surface area contributed by atoms with Gasteiger partial charge in [0.05, 0.1) is 16.8 Å². The van der Waals surface area contributed by atoms with Crippen LogP contribution in [0.4, 0.5) is 5.69 Å². The van der Waals surface area contributed by atoms with Crippen LogP contribution in [0, 0.1) is 22.7 Å². The molecular formula is C15H19ClN2. The van der Waals surface area contributed by atoms with Crippen molar-refractivity contribution in [1.29, 1.82) is 5.26 Å². The van der Waals surface area contributed by atoms with Gasteiger partial charge >= 0.3 is 0 Å². The lowest BCUT2D eigenvalue weighted by Crippen LogP contribution is -2.45. The summed E-state index contributed by atoms with van der Waals surface area (Å²) in [6.45, 7) is 6.44. The summed E-state index contributed by atoms with van der Waals surface area (Å²) in [5, 5.41) is 9.71. The monoisotopic (exact) mass is 262 g/mol. The van der Waals surface area contributed by atoms with E-state index in [9.17, 15) is 0 Å². The summed E-state index contributed by atoms with van der Waals surface area (Å²) in [5.74, 6) is 0.487. The standard InChI is InChI=1S/C15H19ClN2/c1-15(2)11-18(10-8-12(15)7-9-17)14-6-4-3-5-13(14)16/h3-6,12H,7-8,10-11H2,1-2H3. The van der Waals surface area contributed by atoms with E-state index in [1.807, 2.05) is 18.2 Å². The fourth-order valence-corrected chi connectivity index (χ4v) is 3.06. The predicted molar refractivity (Wildman–Crippen MR) is 75.8 cm³/mol. The first-order valence-corrected chi connectivity index (χ1v) is 6.79. The minimum atomic E-state index is 0.160. The van der Waals surface area contributed by atoms with Crippen molar-refractivity contribution in [2.45, 2.75) is 26.7 Å². The summed E-state index contributed by atoms with van der Waals surface area (Å²) < 4.78 is 0. The number of nitrogens with zero attached hydrogens (tertiary/aromatic N) is 2. The summed E-state index contributed by atoms with van der Waals surface area (Å²) in [6.07, 6.45) is 1.72. The van der Waals surface area contributed by atoms with Gasteiger partial charge < -0.3 is 4.90 Å². The molecule has 1 heterocycles. The Kier molecular flexibility index (Phi) is 3.82. The molecule has 96 valence electrons. The van der Waals surface area contributed by atoms with Crippen LogP contribution in [0.1, 0.15) is 26.7 Å². The van der Waals surface area contributed by atoms with Crippen molar-refractivity contribution < 1.29 is 0 Å². The van der Waals surface area contributed by atoms with Crippen molar-refractivity contribution in [3.05, 3.63) is 29.3 Å². The van der Waals surface area contributed by atoms with Crippen LogP contribution in [-0.2, 0) is 0 Å². The molecule has 0 bridgehead atoms. The number of para-hydroxylation sites is 1. The lowest BCUT2D eigenvalue weighted by atomic mass is 9.72. The number of hydrogen-bond acceptors (Lipinski definition) is 2. The average Bonchev–Trinajstić information content (AvgIpc) is 2.32. The Morgan fingerprint density at radius 1 is 1.44 bits per heavy atom. The van der Waals surface area contributed by atoms with Crippen molar-refractivity contribution in [3.8, 4) is 6.07 Å². The summed E-state index contributed by atoms with van der Waals surface area (Å²) >= 11 is 6.25. The van der Waals surface area contributed by atoms with Gasteiger partial charge in [-0.25, -0.2) is 0 Å². The second kappa shape index (κ2) is 5.20. The fraction of sp³-hybridized carbons (Fsp3) is 0.533. The Hall–Kier alpha value is -1.20. The number of hydrogen-bond donors (Lipinski definition) is 0. The van der Waals surface area contributed by atoms with Gasteiger partial charge in [0.2, 0.25) is 0 Å². The third kappa shape index (κ3) is 2.62. The van der Waals surface area contributed by atoms with Gasteiger partial charge in [-0.05, 0) is 29.9 Å². The number of nitriles is 1. The summed E-state index contributed by atoms with van der Waals surface area (Å²) in [6, 6.07) is 10.3. The van der Waals surface area contributed by atoms with Gasteiger partial charge in [-0.3, -0.25) is 0 Å². The van der Waals surface area contributed by atoms with Gasteiger partial charge in [-0.1, -0.05) is 37.6 Å². The Bertz CT molecular complexity index is 462. The number of anilines is 1. The van der Waals surface area contributed by atoms with Gasteiger partial charge in [0.15, 0.2) is 0 Å². The maximum atomic E-state index is 8.89. The Morgan fingerprint density at radius 3 is 2.78 bits per heavy atom. The molecule has 0 amide bonds.